The third-order valence-corrected chi connectivity index (χ3v) is 9.08. The number of aromatic amines is 1. The molecular weight excluding hydrogens is 568 g/mol. The number of hydrogen-bond donors (Lipinski definition) is 1. The number of aromatic nitrogens is 2. The summed E-state index contributed by atoms with van der Waals surface area (Å²) in [6, 6.07) is 30.0. The van der Waals surface area contributed by atoms with E-state index in [2.05, 4.69) is 16.0 Å². The summed E-state index contributed by atoms with van der Waals surface area (Å²) >= 11 is 0. The number of nitriles is 1. The molecule has 2 fully saturated rings. The second-order valence-electron chi connectivity index (χ2n) is 11.7. The number of rotatable bonds is 9. The van der Waals surface area contributed by atoms with Gasteiger partial charge in [-0.2, -0.15) is 5.26 Å². The van der Waals surface area contributed by atoms with Gasteiger partial charge in [0, 0.05) is 11.8 Å². The van der Waals surface area contributed by atoms with Gasteiger partial charge >= 0.3 is 5.69 Å². The second-order valence-corrected chi connectivity index (χ2v) is 11.7. The van der Waals surface area contributed by atoms with E-state index in [1.165, 1.54) is 10.8 Å². The van der Waals surface area contributed by atoms with Crippen LogP contribution in [0.25, 0.3) is 0 Å². The van der Waals surface area contributed by atoms with Crippen molar-refractivity contribution in [2.75, 3.05) is 26.8 Å². The topological polar surface area (TPSA) is 110 Å². The highest BCUT2D eigenvalue weighted by atomic mass is 16.6. The lowest BCUT2D eigenvalue weighted by Crippen LogP contribution is -2.48. The van der Waals surface area contributed by atoms with E-state index in [4.69, 9.17) is 14.2 Å². The van der Waals surface area contributed by atoms with Gasteiger partial charge < -0.3 is 14.2 Å². The van der Waals surface area contributed by atoms with E-state index in [1.807, 2.05) is 84.9 Å². The average molecular weight is 607 g/mol. The first kappa shape index (κ1) is 30.5. The van der Waals surface area contributed by atoms with E-state index >= 15 is 0 Å². The minimum atomic E-state index is -1.04. The molecule has 0 radical (unpaired) electrons. The van der Waals surface area contributed by atoms with Crippen molar-refractivity contribution in [3.63, 3.8) is 0 Å². The molecule has 0 amide bonds. The lowest BCUT2D eigenvalue weighted by atomic mass is 9.80. The van der Waals surface area contributed by atoms with Crippen molar-refractivity contribution in [3.05, 3.63) is 134 Å². The van der Waals surface area contributed by atoms with Gasteiger partial charge in [-0.3, -0.25) is 19.2 Å². The number of benzene rings is 3. The van der Waals surface area contributed by atoms with Crippen LogP contribution in [0.3, 0.4) is 0 Å². The molecule has 45 heavy (non-hydrogen) atoms. The van der Waals surface area contributed by atoms with Gasteiger partial charge in [0.25, 0.3) is 5.56 Å². The van der Waals surface area contributed by atoms with Crippen molar-refractivity contribution in [1.29, 1.82) is 5.26 Å². The molecule has 0 bridgehead atoms. The Hall–Kier alpha value is -4.49. The molecule has 232 valence electrons. The third kappa shape index (κ3) is 5.85. The van der Waals surface area contributed by atoms with Crippen LogP contribution < -0.4 is 16.0 Å². The number of ether oxygens (including phenoxy) is 3. The minimum Gasteiger partial charge on any atom is -0.497 e. The van der Waals surface area contributed by atoms with Gasteiger partial charge in [0.1, 0.15) is 17.5 Å². The van der Waals surface area contributed by atoms with Crippen LogP contribution in [0.1, 0.15) is 47.7 Å². The quantitative estimate of drug-likeness (QED) is 0.274. The number of piperidine rings is 1. The lowest BCUT2D eigenvalue weighted by Gasteiger charge is -2.37. The zero-order valence-corrected chi connectivity index (χ0v) is 25.6. The SMILES string of the molecule is COc1ccc(C(OC[C@H]2O[C@@H](n3cc(C)c(=O)[nH]c3=O)[C@H](N3CCCCC3)[C@H]2C#N)(c2ccccc2)c2ccccc2)cc1. The van der Waals surface area contributed by atoms with E-state index in [0.29, 0.717) is 5.56 Å². The van der Waals surface area contributed by atoms with Gasteiger partial charge in [0.05, 0.1) is 31.7 Å². The Morgan fingerprint density at radius 1 is 0.911 bits per heavy atom. The molecule has 0 spiro atoms. The number of H-pyrrole nitrogens is 1. The number of aryl methyl sites for hydroxylation is 1. The Morgan fingerprint density at radius 3 is 2.09 bits per heavy atom. The van der Waals surface area contributed by atoms with E-state index in [-0.39, 0.29) is 6.61 Å². The van der Waals surface area contributed by atoms with Crippen LogP contribution in [0.5, 0.6) is 5.75 Å². The number of nitrogens with zero attached hydrogens (tertiary/aromatic N) is 3. The fourth-order valence-corrected chi connectivity index (χ4v) is 6.80. The first-order valence-corrected chi connectivity index (χ1v) is 15.5. The Labute approximate surface area is 262 Å². The molecule has 2 aliphatic heterocycles. The molecule has 2 saturated heterocycles. The van der Waals surface area contributed by atoms with Crippen molar-refractivity contribution < 1.29 is 14.2 Å². The molecule has 6 rings (SSSR count). The zero-order chi connectivity index (χ0) is 31.4. The molecule has 0 aliphatic carbocycles. The Kier molecular flexibility index (Phi) is 8.99. The van der Waals surface area contributed by atoms with Crippen molar-refractivity contribution in [3.8, 4) is 11.8 Å². The maximum atomic E-state index is 13.1. The van der Waals surface area contributed by atoms with Gasteiger partial charge in [0.15, 0.2) is 6.23 Å². The molecule has 4 aromatic rings. The van der Waals surface area contributed by atoms with Crippen molar-refractivity contribution in [1.82, 2.24) is 14.5 Å². The molecule has 9 nitrogen and oxygen atoms in total. The van der Waals surface area contributed by atoms with Gasteiger partial charge in [-0.05, 0) is 61.7 Å². The summed E-state index contributed by atoms with van der Waals surface area (Å²) in [5.74, 6) is 0.138. The first-order valence-electron chi connectivity index (χ1n) is 15.5. The molecule has 9 heteroatoms. The molecule has 3 heterocycles. The Morgan fingerprint density at radius 2 is 1.51 bits per heavy atom. The van der Waals surface area contributed by atoms with Crippen LogP contribution in [-0.4, -0.2) is 53.4 Å². The van der Waals surface area contributed by atoms with Gasteiger partial charge in [0.2, 0.25) is 0 Å². The van der Waals surface area contributed by atoms with E-state index in [0.717, 1.165) is 54.8 Å². The number of hydrogen-bond acceptors (Lipinski definition) is 7. The molecule has 1 N–H and O–H groups in total. The van der Waals surface area contributed by atoms with Crippen LogP contribution in [0, 0.1) is 24.2 Å². The fourth-order valence-electron chi connectivity index (χ4n) is 6.80. The van der Waals surface area contributed by atoms with Crippen LogP contribution in [0.4, 0.5) is 0 Å². The number of methoxy groups -OCH3 is 1. The predicted octanol–water partition coefficient (Wildman–Crippen LogP) is 4.75. The highest BCUT2D eigenvalue weighted by molar-refractivity contribution is 5.48. The van der Waals surface area contributed by atoms with Crippen LogP contribution in [-0.2, 0) is 15.1 Å². The number of likely N-dealkylation sites (tertiary alicyclic amines) is 1. The van der Waals surface area contributed by atoms with Crippen LogP contribution in [0.15, 0.2) is 101 Å². The Balaban J connectivity index is 1.43. The van der Waals surface area contributed by atoms with E-state index in [9.17, 15) is 14.9 Å². The largest absolute Gasteiger partial charge is 0.497 e. The molecule has 0 unspecified atom stereocenters. The normalized spacial score (nSPS) is 22.2. The highest BCUT2D eigenvalue weighted by Gasteiger charge is 2.50. The van der Waals surface area contributed by atoms with Crippen molar-refractivity contribution in [2.45, 2.75) is 50.2 Å². The lowest BCUT2D eigenvalue weighted by molar-refractivity contribution is -0.0866. The van der Waals surface area contributed by atoms with E-state index < -0.39 is 41.1 Å². The summed E-state index contributed by atoms with van der Waals surface area (Å²) < 4.78 is 20.6. The second kappa shape index (κ2) is 13.2. The molecule has 0 saturated carbocycles. The van der Waals surface area contributed by atoms with Gasteiger partial charge in [-0.15, -0.1) is 0 Å². The summed E-state index contributed by atoms with van der Waals surface area (Å²) in [6.07, 6.45) is 3.24. The average Bonchev–Trinajstić information content (AvgIpc) is 3.46. The first-order chi connectivity index (χ1) is 22.0. The van der Waals surface area contributed by atoms with Gasteiger partial charge in [-0.25, -0.2) is 4.79 Å². The van der Waals surface area contributed by atoms with Crippen LogP contribution >= 0.6 is 0 Å². The highest BCUT2D eigenvalue weighted by Crippen LogP contribution is 2.44. The summed E-state index contributed by atoms with van der Waals surface area (Å²) in [5.41, 5.74) is 1.10. The maximum Gasteiger partial charge on any atom is 0.330 e. The molecule has 2 aliphatic rings. The summed E-state index contributed by atoms with van der Waals surface area (Å²) in [7, 11) is 1.64. The summed E-state index contributed by atoms with van der Waals surface area (Å²) in [5, 5.41) is 10.6. The minimum absolute atomic E-state index is 0.0754. The molecule has 1 aromatic heterocycles. The monoisotopic (exact) mass is 606 g/mol. The standard InChI is InChI=1S/C36H38N4O5/c1-25-23-40(35(42)38-33(25)41)34-32(39-20-10-5-11-21-39)30(22-37)31(45-34)24-44-36(26-12-6-3-7-13-26,27-14-8-4-9-15-27)28-16-18-29(43-2)19-17-28/h3-4,6-9,12-19,23,30-32,34H,5,10-11,20-21,24H2,1-2H3,(H,38,41,42)/t30-,31+,32+,34+/m0/s1. The van der Waals surface area contributed by atoms with Gasteiger partial charge in [-0.1, -0.05) is 79.2 Å². The Bertz CT molecular complexity index is 1700. The smallest absolute Gasteiger partial charge is 0.330 e. The third-order valence-electron chi connectivity index (χ3n) is 9.08. The van der Waals surface area contributed by atoms with Crippen molar-refractivity contribution >= 4 is 0 Å². The molecule has 4 atom stereocenters. The summed E-state index contributed by atoms with van der Waals surface area (Å²) in [6.45, 7) is 3.34. The summed E-state index contributed by atoms with van der Waals surface area (Å²) in [4.78, 5) is 30.0. The number of nitrogens with one attached hydrogen (secondary N) is 1. The van der Waals surface area contributed by atoms with Crippen LogP contribution in [0.2, 0.25) is 0 Å². The van der Waals surface area contributed by atoms with E-state index in [1.54, 1.807) is 14.0 Å². The maximum absolute atomic E-state index is 13.1. The van der Waals surface area contributed by atoms with Crippen molar-refractivity contribution in [2.24, 2.45) is 5.92 Å². The fraction of sp³-hybridized carbons (Fsp3) is 0.361. The predicted molar refractivity (Wildman–Crippen MR) is 170 cm³/mol. The molecular formula is C36H38N4O5. The molecule has 3 aromatic carbocycles. The zero-order valence-electron chi connectivity index (χ0n) is 25.6.